The van der Waals surface area contributed by atoms with Crippen LogP contribution >= 0.6 is 0 Å². The first kappa shape index (κ1) is 15.9. The van der Waals surface area contributed by atoms with Crippen molar-refractivity contribution in [2.75, 3.05) is 20.2 Å². The van der Waals surface area contributed by atoms with Crippen molar-refractivity contribution in [3.05, 3.63) is 35.9 Å². The van der Waals surface area contributed by atoms with Crippen LogP contribution in [0.2, 0.25) is 0 Å². The maximum Gasteiger partial charge on any atom is 0.324 e. The predicted molar refractivity (Wildman–Crippen MR) is 79.3 cm³/mol. The summed E-state index contributed by atoms with van der Waals surface area (Å²) < 4.78 is 31.8. The van der Waals surface area contributed by atoms with Gasteiger partial charge in [-0.25, -0.2) is 13.1 Å². The smallest absolute Gasteiger partial charge is 0.324 e. The highest BCUT2D eigenvalue weighted by Gasteiger charge is 2.33. The van der Waals surface area contributed by atoms with Crippen LogP contribution < -0.4 is 10.0 Å². The van der Waals surface area contributed by atoms with Gasteiger partial charge in [-0.3, -0.25) is 4.79 Å². The molecule has 1 aliphatic rings. The van der Waals surface area contributed by atoms with E-state index < -0.39 is 27.3 Å². The van der Waals surface area contributed by atoms with Crippen molar-refractivity contribution in [3.63, 3.8) is 0 Å². The number of ether oxygens (including phenoxy) is 1. The second kappa shape index (κ2) is 7.02. The third-order valence-electron chi connectivity index (χ3n) is 3.53. The first-order chi connectivity index (χ1) is 10.0. The molecule has 21 heavy (non-hydrogen) atoms. The van der Waals surface area contributed by atoms with E-state index in [2.05, 4.69) is 10.0 Å². The molecule has 1 aromatic carbocycles. The molecule has 116 valence electrons. The first-order valence-electron chi connectivity index (χ1n) is 6.86. The Morgan fingerprint density at radius 1 is 1.43 bits per heavy atom. The molecule has 0 radical (unpaired) electrons. The second-order valence-corrected chi connectivity index (χ2v) is 7.04. The van der Waals surface area contributed by atoms with Gasteiger partial charge in [-0.2, -0.15) is 0 Å². The van der Waals surface area contributed by atoms with E-state index in [0.717, 1.165) is 5.56 Å². The molecule has 0 spiro atoms. The van der Waals surface area contributed by atoms with Crippen LogP contribution in [0, 0.1) is 0 Å². The average Bonchev–Trinajstić information content (AvgIpc) is 3.02. The standard InChI is InChI=1S/C14H20N2O4S/c1-20-14(17)13(9-11-5-3-2-4-6-11)16-21(18,19)12-7-8-15-10-12/h2-6,12-13,15-16H,7-10H2,1H3/t12-,13-/m0/s1. The second-order valence-electron chi connectivity index (χ2n) is 5.04. The van der Waals surface area contributed by atoms with Gasteiger partial charge in [0.1, 0.15) is 6.04 Å². The predicted octanol–water partition coefficient (Wildman–Crippen LogP) is 0.0520. The Balaban J connectivity index is 2.11. The van der Waals surface area contributed by atoms with Crippen molar-refractivity contribution in [2.24, 2.45) is 0 Å². The van der Waals surface area contributed by atoms with E-state index in [4.69, 9.17) is 4.74 Å². The Hall–Kier alpha value is -1.44. The molecule has 0 amide bonds. The minimum atomic E-state index is -3.55. The molecular formula is C14H20N2O4S. The molecule has 0 aliphatic carbocycles. The minimum absolute atomic E-state index is 0.271. The monoisotopic (exact) mass is 312 g/mol. The summed E-state index contributed by atoms with van der Waals surface area (Å²) in [5, 5.41) is 2.51. The average molecular weight is 312 g/mol. The number of carbonyl (C=O) groups is 1. The number of hydrogen-bond acceptors (Lipinski definition) is 5. The van der Waals surface area contributed by atoms with Crippen molar-refractivity contribution in [3.8, 4) is 0 Å². The first-order valence-corrected chi connectivity index (χ1v) is 8.41. The molecule has 1 saturated heterocycles. The Labute approximate surface area is 124 Å². The highest BCUT2D eigenvalue weighted by atomic mass is 32.2. The lowest BCUT2D eigenvalue weighted by atomic mass is 10.1. The van der Waals surface area contributed by atoms with Gasteiger partial charge >= 0.3 is 5.97 Å². The SMILES string of the molecule is COC(=O)[C@H](Cc1ccccc1)NS(=O)(=O)[C@H]1CCNC1. The quantitative estimate of drug-likeness (QED) is 0.725. The van der Waals surface area contributed by atoms with E-state index in [1.807, 2.05) is 30.3 Å². The third kappa shape index (κ3) is 4.26. The van der Waals surface area contributed by atoms with Crippen molar-refractivity contribution in [2.45, 2.75) is 24.1 Å². The Morgan fingerprint density at radius 3 is 2.71 bits per heavy atom. The maximum absolute atomic E-state index is 12.3. The van der Waals surface area contributed by atoms with Crippen molar-refractivity contribution in [1.82, 2.24) is 10.0 Å². The number of esters is 1. The van der Waals surface area contributed by atoms with Crippen molar-refractivity contribution >= 4 is 16.0 Å². The van der Waals surface area contributed by atoms with E-state index >= 15 is 0 Å². The molecule has 1 heterocycles. The van der Waals surface area contributed by atoms with Crippen LogP contribution in [0.1, 0.15) is 12.0 Å². The number of benzene rings is 1. The van der Waals surface area contributed by atoms with Crippen LogP contribution in [0.15, 0.2) is 30.3 Å². The summed E-state index contributed by atoms with van der Waals surface area (Å²) >= 11 is 0. The molecule has 0 bridgehead atoms. The van der Waals surface area contributed by atoms with Crippen molar-refractivity contribution in [1.29, 1.82) is 0 Å². The van der Waals surface area contributed by atoms with Gasteiger partial charge in [-0.05, 0) is 24.9 Å². The van der Waals surface area contributed by atoms with Gasteiger partial charge in [0.15, 0.2) is 0 Å². The Kier molecular flexibility index (Phi) is 5.33. The fourth-order valence-corrected chi connectivity index (χ4v) is 3.89. The number of nitrogens with one attached hydrogen (secondary N) is 2. The summed E-state index contributed by atoms with van der Waals surface area (Å²) in [6, 6.07) is 8.36. The lowest BCUT2D eigenvalue weighted by Gasteiger charge is -2.19. The highest BCUT2D eigenvalue weighted by Crippen LogP contribution is 2.12. The summed E-state index contributed by atoms with van der Waals surface area (Å²) in [5.74, 6) is -0.576. The molecule has 0 unspecified atom stereocenters. The van der Waals surface area contributed by atoms with Gasteiger partial charge in [-0.1, -0.05) is 30.3 Å². The molecule has 6 nitrogen and oxygen atoms in total. The van der Waals surface area contributed by atoms with Gasteiger partial charge in [-0.15, -0.1) is 0 Å². The topological polar surface area (TPSA) is 84.5 Å². The van der Waals surface area contributed by atoms with Crippen molar-refractivity contribution < 1.29 is 17.9 Å². The summed E-state index contributed by atoms with van der Waals surface area (Å²) in [7, 11) is -2.29. The Bertz CT molecular complexity index is 568. The molecule has 1 aliphatic heterocycles. The zero-order valence-corrected chi connectivity index (χ0v) is 12.7. The largest absolute Gasteiger partial charge is 0.468 e. The van der Waals surface area contributed by atoms with Gasteiger partial charge in [0, 0.05) is 6.54 Å². The fourth-order valence-electron chi connectivity index (χ4n) is 2.35. The van der Waals surface area contributed by atoms with Crippen LogP contribution in [0.25, 0.3) is 0 Å². The number of sulfonamides is 1. The molecular weight excluding hydrogens is 292 g/mol. The number of rotatable bonds is 6. The lowest BCUT2D eigenvalue weighted by Crippen LogP contribution is -2.47. The fraction of sp³-hybridized carbons (Fsp3) is 0.500. The molecule has 0 saturated carbocycles. The maximum atomic E-state index is 12.3. The molecule has 1 fully saturated rings. The van der Waals surface area contributed by atoms with Crippen LogP contribution in [0.3, 0.4) is 0 Å². The Morgan fingerprint density at radius 2 is 2.14 bits per heavy atom. The zero-order chi connectivity index (χ0) is 15.3. The molecule has 2 rings (SSSR count). The number of hydrogen-bond donors (Lipinski definition) is 2. The molecule has 7 heteroatoms. The van der Waals surface area contributed by atoms with Gasteiger partial charge < -0.3 is 10.1 Å². The molecule has 0 aromatic heterocycles. The summed E-state index contributed by atoms with van der Waals surface area (Å²) in [6.45, 7) is 1.09. The van der Waals surface area contributed by atoms with E-state index in [9.17, 15) is 13.2 Å². The van der Waals surface area contributed by atoms with E-state index in [1.54, 1.807) is 0 Å². The number of methoxy groups -OCH3 is 1. The normalized spacial score (nSPS) is 20.1. The lowest BCUT2D eigenvalue weighted by molar-refractivity contribution is -0.142. The minimum Gasteiger partial charge on any atom is -0.468 e. The van der Waals surface area contributed by atoms with Crippen LogP contribution in [0.5, 0.6) is 0 Å². The van der Waals surface area contributed by atoms with Crippen LogP contribution in [0.4, 0.5) is 0 Å². The molecule has 1 aromatic rings. The highest BCUT2D eigenvalue weighted by molar-refractivity contribution is 7.90. The molecule has 2 atom stereocenters. The van der Waals surface area contributed by atoms with Gasteiger partial charge in [0.05, 0.1) is 12.4 Å². The number of carbonyl (C=O) groups excluding carboxylic acids is 1. The van der Waals surface area contributed by atoms with Crippen LogP contribution in [-0.4, -0.2) is 45.9 Å². The van der Waals surface area contributed by atoms with E-state index in [1.165, 1.54) is 7.11 Å². The van der Waals surface area contributed by atoms with E-state index in [-0.39, 0.29) is 6.42 Å². The van der Waals surface area contributed by atoms with Gasteiger partial charge in [0.2, 0.25) is 10.0 Å². The zero-order valence-electron chi connectivity index (χ0n) is 11.9. The van der Waals surface area contributed by atoms with Crippen LogP contribution in [-0.2, 0) is 26.0 Å². The van der Waals surface area contributed by atoms with E-state index in [0.29, 0.717) is 19.5 Å². The third-order valence-corrected chi connectivity index (χ3v) is 5.42. The molecule has 2 N–H and O–H groups in total. The summed E-state index contributed by atoms with van der Waals surface area (Å²) in [4.78, 5) is 11.8. The summed E-state index contributed by atoms with van der Waals surface area (Å²) in [6.07, 6.45) is 0.821. The van der Waals surface area contributed by atoms with Gasteiger partial charge in [0.25, 0.3) is 0 Å². The summed E-state index contributed by atoms with van der Waals surface area (Å²) in [5.41, 5.74) is 0.875.